The molecule has 74 valence electrons. The Hall–Kier alpha value is -1.65. The predicted octanol–water partition coefficient (Wildman–Crippen LogP) is 1.16. The first-order valence-electron chi connectivity index (χ1n) is 4.71. The zero-order valence-electron chi connectivity index (χ0n) is 8.36. The van der Waals surface area contributed by atoms with Gasteiger partial charge in [-0.2, -0.15) is 10.2 Å². The lowest BCUT2D eigenvalue weighted by Gasteiger charge is -1.87. The number of aryl methyl sites for hydroxylation is 2. The quantitative estimate of drug-likeness (QED) is 0.791. The molecule has 2 rings (SSSR count). The standard InChI is InChI=1S/C9H13N5/c1-3-4-8-10-9(12-11-8)7-5-6-14(2)13-7/h5-6H,3-4H2,1-2H3,(H,10,11,12). The molecule has 2 aromatic rings. The molecule has 0 saturated carbocycles. The van der Waals surface area contributed by atoms with Crippen LogP contribution in [0.4, 0.5) is 0 Å². The third kappa shape index (κ3) is 1.66. The molecule has 5 heteroatoms. The lowest BCUT2D eigenvalue weighted by atomic mass is 10.3. The molecular formula is C9H13N5. The van der Waals surface area contributed by atoms with Gasteiger partial charge in [0.15, 0.2) is 0 Å². The Labute approximate surface area is 82.2 Å². The van der Waals surface area contributed by atoms with Crippen molar-refractivity contribution in [3.8, 4) is 11.5 Å². The van der Waals surface area contributed by atoms with Crippen LogP contribution in [0.3, 0.4) is 0 Å². The van der Waals surface area contributed by atoms with E-state index in [2.05, 4.69) is 27.2 Å². The summed E-state index contributed by atoms with van der Waals surface area (Å²) < 4.78 is 1.74. The van der Waals surface area contributed by atoms with Crippen LogP contribution in [0.1, 0.15) is 19.2 Å². The van der Waals surface area contributed by atoms with Crippen molar-refractivity contribution in [1.82, 2.24) is 25.0 Å². The number of nitrogens with one attached hydrogen (secondary N) is 1. The van der Waals surface area contributed by atoms with E-state index in [4.69, 9.17) is 0 Å². The summed E-state index contributed by atoms with van der Waals surface area (Å²) >= 11 is 0. The minimum absolute atomic E-state index is 0.675. The second-order valence-corrected chi connectivity index (χ2v) is 3.23. The largest absolute Gasteiger partial charge is 0.275 e. The topological polar surface area (TPSA) is 59.4 Å². The highest BCUT2D eigenvalue weighted by Crippen LogP contribution is 2.10. The van der Waals surface area contributed by atoms with Crippen LogP contribution in [0.25, 0.3) is 11.5 Å². The monoisotopic (exact) mass is 191 g/mol. The molecule has 0 amide bonds. The fourth-order valence-electron chi connectivity index (χ4n) is 1.29. The molecule has 0 saturated heterocycles. The number of hydrogen-bond donors (Lipinski definition) is 1. The number of aromatic amines is 1. The Morgan fingerprint density at radius 1 is 1.50 bits per heavy atom. The smallest absolute Gasteiger partial charge is 0.201 e. The van der Waals surface area contributed by atoms with Crippen LogP contribution in [0, 0.1) is 0 Å². The molecule has 0 aliphatic rings. The molecule has 0 unspecified atom stereocenters. The molecule has 0 bridgehead atoms. The first kappa shape index (κ1) is 8.93. The predicted molar refractivity (Wildman–Crippen MR) is 52.6 cm³/mol. The molecule has 0 fully saturated rings. The Morgan fingerprint density at radius 3 is 3.00 bits per heavy atom. The van der Waals surface area contributed by atoms with Gasteiger partial charge >= 0.3 is 0 Å². The molecule has 0 spiro atoms. The molecule has 1 N–H and O–H groups in total. The van der Waals surface area contributed by atoms with E-state index in [1.165, 1.54) is 0 Å². The fourth-order valence-corrected chi connectivity index (χ4v) is 1.29. The Kier molecular flexibility index (Phi) is 2.30. The summed E-state index contributed by atoms with van der Waals surface area (Å²) in [6.45, 7) is 2.11. The molecule has 5 nitrogen and oxygen atoms in total. The van der Waals surface area contributed by atoms with Gasteiger partial charge in [-0.1, -0.05) is 6.92 Å². The Bertz CT molecular complexity index is 414. The number of aromatic nitrogens is 5. The summed E-state index contributed by atoms with van der Waals surface area (Å²) in [5.41, 5.74) is 0.811. The lowest BCUT2D eigenvalue weighted by Crippen LogP contribution is -1.89. The number of rotatable bonds is 3. The van der Waals surface area contributed by atoms with Crippen LogP contribution in [-0.4, -0.2) is 25.0 Å². The average molecular weight is 191 g/mol. The van der Waals surface area contributed by atoms with E-state index >= 15 is 0 Å². The summed E-state index contributed by atoms with van der Waals surface area (Å²) in [4.78, 5) is 4.34. The van der Waals surface area contributed by atoms with Crippen molar-refractivity contribution < 1.29 is 0 Å². The number of nitrogens with zero attached hydrogens (tertiary/aromatic N) is 4. The fraction of sp³-hybridized carbons (Fsp3) is 0.444. The lowest BCUT2D eigenvalue weighted by molar-refractivity contribution is 0.769. The van der Waals surface area contributed by atoms with Crippen molar-refractivity contribution in [2.24, 2.45) is 7.05 Å². The molecule has 0 aliphatic carbocycles. The third-order valence-electron chi connectivity index (χ3n) is 1.96. The van der Waals surface area contributed by atoms with Crippen LogP contribution in [0.15, 0.2) is 12.3 Å². The number of hydrogen-bond acceptors (Lipinski definition) is 3. The highest BCUT2D eigenvalue weighted by Gasteiger charge is 2.07. The van der Waals surface area contributed by atoms with Gasteiger partial charge < -0.3 is 0 Å². The summed E-state index contributed by atoms with van der Waals surface area (Å²) in [7, 11) is 1.88. The third-order valence-corrected chi connectivity index (χ3v) is 1.96. The molecule has 2 aromatic heterocycles. The highest BCUT2D eigenvalue weighted by atomic mass is 15.3. The maximum atomic E-state index is 4.34. The van der Waals surface area contributed by atoms with Crippen molar-refractivity contribution in [3.63, 3.8) is 0 Å². The van der Waals surface area contributed by atoms with E-state index < -0.39 is 0 Å². The summed E-state index contributed by atoms with van der Waals surface area (Å²) in [5.74, 6) is 1.60. The van der Waals surface area contributed by atoms with Crippen LogP contribution in [-0.2, 0) is 13.5 Å². The van der Waals surface area contributed by atoms with E-state index in [0.29, 0.717) is 5.82 Å². The first-order valence-corrected chi connectivity index (χ1v) is 4.71. The van der Waals surface area contributed by atoms with Gasteiger partial charge in [0.25, 0.3) is 0 Å². The Morgan fingerprint density at radius 2 is 2.36 bits per heavy atom. The number of H-pyrrole nitrogens is 1. The van der Waals surface area contributed by atoms with Crippen molar-refractivity contribution in [3.05, 3.63) is 18.1 Å². The minimum atomic E-state index is 0.675. The summed E-state index contributed by atoms with van der Waals surface area (Å²) in [6, 6.07) is 1.90. The van der Waals surface area contributed by atoms with Gasteiger partial charge in [0.2, 0.25) is 5.82 Å². The van der Waals surface area contributed by atoms with Crippen LogP contribution >= 0.6 is 0 Å². The maximum Gasteiger partial charge on any atom is 0.201 e. The second kappa shape index (κ2) is 3.61. The van der Waals surface area contributed by atoms with Crippen LogP contribution in [0.5, 0.6) is 0 Å². The van der Waals surface area contributed by atoms with Gasteiger partial charge in [-0.05, 0) is 12.5 Å². The van der Waals surface area contributed by atoms with E-state index in [1.807, 2.05) is 19.3 Å². The second-order valence-electron chi connectivity index (χ2n) is 3.23. The zero-order chi connectivity index (χ0) is 9.97. The molecule has 0 aromatic carbocycles. The van der Waals surface area contributed by atoms with Crippen molar-refractivity contribution in [1.29, 1.82) is 0 Å². The summed E-state index contributed by atoms with van der Waals surface area (Å²) in [5, 5.41) is 11.2. The molecular weight excluding hydrogens is 178 g/mol. The van der Waals surface area contributed by atoms with E-state index in [1.54, 1.807) is 4.68 Å². The van der Waals surface area contributed by atoms with E-state index in [9.17, 15) is 0 Å². The summed E-state index contributed by atoms with van der Waals surface area (Å²) in [6.07, 6.45) is 3.88. The normalized spacial score (nSPS) is 10.7. The van der Waals surface area contributed by atoms with Gasteiger partial charge in [0.05, 0.1) is 0 Å². The van der Waals surface area contributed by atoms with Gasteiger partial charge in [0.1, 0.15) is 11.5 Å². The Balaban J connectivity index is 2.24. The van der Waals surface area contributed by atoms with Crippen LogP contribution in [0.2, 0.25) is 0 Å². The van der Waals surface area contributed by atoms with Gasteiger partial charge in [-0.3, -0.25) is 9.78 Å². The van der Waals surface area contributed by atoms with Crippen molar-refractivity contribution >= 4 is 0 Å². The SMILES string of the molecule is CCCc1nc(-c2ccn(C)n2)n[nH]1. The molecule has 14 heavy (non-hydrogen) atoms. The van der Waals surface area contributed by atoms with Crippen molar-refractivity contribution in [2.45, 2.75) is 19.8 Å². The molecule has 0 aliphatic heterocycles. The zero-order valence-corrected chi connectivity index (χ0v) is 8.36. The van der Waals surface area contributed by atoms with E-state index in [-0.39, 0.29) is 0 Å². The van der Waals surface area contributed by atoms with Gasteiger partial charge in [-0.25, -0.2) is 4.98 Å². The molecule has 0 atom stereocenters. The van der Waals surface area contributed by atoms with Crippen molar-refractivity contribution in [2.75, 3.05) is 0 Å². The van der Waals surface area contributed by atoms with Gasteiger partial charge in [-0.15, -0.1) is 0 Å². The molecule has 2 heterocycles. The average Bonchev–Trinajstić information content (AvgIpc) is 2.74. The first-order chi connectivity index (χ1) is 6.79. The molecule has 0 radical (unpaired) electrons. The van der Waals surface area contributed by atoms with Gasteiger partial charge in [0, 0.05) is 19.7 Å². The minimum Gasteiger partial charge on any atom is -0.275 e. The van der Waals surface area contributed by atoms with Crippen LogP contribution < -0.4 is 0 Å². The van der Waals surface area contributed by atoms with E-state index in [0.717, 1.165) is 24.4 Å². The maximum absolute atomic E-state index is 4.34. The highest BCUT2D eigenvalue weighted by molar-refractivity contribution is 5.47.